The van der Waals surface area contributed by atoms with Crippen molar-refractivity contribution in [3.05, 3.63) is 118 Å². The number of rotatable bonds is 6. The van der Waals surface area contributed by atoms with Crippen molar-refractivity contribution in [1.29, 1.82) is 0 Å². The highest BCUT2D eigenvalue weighted by atomic mass is 16.5. The number of aromatic nitrogens is 2. The molecule has 1 aliphatic heterocycles. The maximum atomic E-state index is 13.8. The summed E-state index contributed by atoms with van der Waals surface area (Å²) in [6.07, 6.45) is 0.566. The van der Waals surface area contributed by atoms with Gasteiger partial charge in [0, 0.05) is 29.8 Å². The van der Waals surface area contributed by atoms with Crippen LogP contribution in [0, 0.1) is 6.92 Å². The van der Waals surface area contributed by atoms with Crippen LogP contribution >= 0.6 is 0 Å². The van der Waals surface area contributed by atoms with Crippen LogP contribution in [-0.4, -0.2) is 28.2 Å². The number of hydrogen-bond donors (Lipinski definition) is 0. The van der Waals surface area contributed by atoms with Gasteiger partial charge in [-0.05, 0) is 30.7 Å². The first kappa shape index (κ1) is 21.9. The number of hydrogen-bond acceptors (Lipinski definition) is 5. The molecule has 3 aromatic carbocycles. The standard InChI is InChI=1S/C28H28N4O2/c1-21-25(17-22-11-5-3-6-12-22)27(33)32-20-30(18-23-13-9-10-16-26(23)34-2)19-31(28(32)29-21)24-14-7-4-8-15-24/h3-16H,17-20H2,1-2H3. The van der Waals surface area contributed by atoms with Gasteiger partial charge in [0.25, 0.3) is 5.56 Å². The van der Waals surface area contributed by atoms with Gasteiger partial charge < -0.3 is 4.74 Å². The van der Waals surface area contributed by atoms with E-state index in [2.05, 4.69) is 28.0 Å². The normalized spacial score (nSPS) is 13.5. The van der Waals surface area contributed by atoms with E-state index in [9.17, 15) is 4.79 Å². The predicted molar refractivity (Wildman–Crippen MR) is 134 cm³/mol. The third-order valence-corrected chi connectivity index (χ3v) is 6.25. The molecule has 0 amide bonds. The van der Waals surface area contributed by atoms with E-state index in [1.165, 1.54) is 0 Å². The molecule has 0 unspecified atom stereocenters. The molecule has 0 saturated carbocycles. The predicted octanol–water partition coefficient (Wildman–Crippen LogP) is 4.72. The molecule has 4 aromatic rings. The van der Waals surface area contributed by atoms with Gasteiger partial charge in [-0.3, -0.25) is 19.2 Å². The summed E-state index contributed by atoms with van der Waals surface area (Å²) in [4.78, 5) is 23.1. The zero-order valence-corrected chi connectivity index (χ0v) is 19.5. The number of nitrogens with zero attached hydrogens (tertiary/aromatic N) is 4. The Labute approximate surface area is 199 Å². The molecule has 6 heteroatoms. The average Bonchev–Trinajstić information content (AvgIpc) is 2.88. The highest BCUT2D eigenvalue weighted by Crippen LogP contribution is 2.29. The van der Waals surface area contributed by atoms with E-state index in [0.29, 0.717) is 32.3 Å². The molecule has 0 fully saturated rings. The van der Waals surface area contributed by atoms with E-state index in [1.54, 1.807) is 11.7 Å². The average molecular weight is 453 g/mol. The van der Waals surface area contributed by atoms with Crippen LogP contribution in [-0.2, 0) is 19.6 Å². The molecule has 2 heterocycles. The molecule has 172 valence electrons. The maximum Gasteiger partial charge on any atom is 0.259 e. The summed E-state index contributed by atoms with van der Waals surface area (Å²) in [6, 6.07) is 28.2. The Hall–Kier alpha value is -3.90. The minimum Gasteiger partial charge on any atom is -0.496 e. The zero-order valence-electron chi connectivity index (χ0n) is 19.5. The highest BCUT2D eigenvalue weighted by Gasteiger charge is 2.28. The van der Waals surface area contributed by atoms with Gasteiger partial charge in [-0.1, -0.05) is 66.7 Å². The molecule has 1 aliphatic rings. The molecule has 34 heavy (non-hydrogen) atoms. The Morgan fingerprint density at radius 2 is 1.56 bits per heavy atom. The van der Waals surface area contributed by atoms with Crippen molar-refractivity contribution in [3.63, 3.8) is 0 Å². The van der Waals surface area contributed by atoms with Gasteiger partial charge in [0.2, 0.25) is 5.95 Å². The minimum absolute atomic E-state index is 0.0111. The van der Waals surface area contributed by atoms with Crippen LogP contribution in [0.5, 0.6) is 5.75 Å². The Bertz CT molecular complexity index is 1340. The number of ether oxygens (including phenoxy) is 1. The van der Waals surface area contributed by atoms with Crippen LogP contribution in [0.3, 0.4) is 0 Å². The van der Waals surface area contributed by atoms with Crippen LogP contribution in [0.25, 0.3) is 0 Å². The van der Waals surface area contributed by atoms with Gasteiger partial charge in [0.05, 0.1) is 26.1 Å². The molecule has 0 spiro atoms. The Morgan fingerprint density at radius 1 is 0.882 bits per heavy atom. The van der Waals surface area contributed by atoms with Crippen LogP contribution in [0.2, 0.25) is 0 Å². The van der Waals surface area contributed by atoms with Gasteiger partial charge in [0.15, 0.2) is 0 Å². The first-order valence-corrected chi connectivity index (χ1v) is 11.4. The molecule has 0 radical (unpaired) electrons. The fraction of sp³-hybridized carbons (Fsp3) is 0.214. The summed E-state index contributed by atoms with van der Waals surface area (Å²) >= 11 is 0. The molecule has 6 nitrogen and oxygen atoms in total. The van der Waals surface area contributed by atoms with Crippen molar-refractivity contribution in [2.75, 3.05) is 18.7 Å². The van der Waals surface area contributed by atoms with Crippen molar-refractivity contribution < 1.29 is 4.74 Å². The molecule has 1 aromatic heterocycles. The summed E-state index contributed by atoms with van der Waals surface area (Å²) in [7, 11) is 1.69. The van der Waals surface area contributed by atoms with Crippen molar-refractivity contribution in [2.24, 2.45) is 0 Å². The fourth-order valence-corrected chi connectivity index (χ4v) is 4.51. The van der Waals surface area contributed by atoms with E-state index in [-0.39, 0.29) is 5.56 Å². The lowest BCUT2D eigenvalue weighted by molar-refractivity contribution is 0.187. The van der Waals surface area contributed by atoms with E-state index < -0.39 is 0 Å². The van der Waals surface area contributed by atoms with Crippen molar-refractivity contribution in [3.8, 4) is 5.75 Å². The van der Waals surface area contributed by atoms with E-state index in [1.807, 2.05) is 73.7 Å². The third-order valence-electron chi connectivity index (χ3n) is 6.25. The van der Waals surface area contributed by atoms with Gasteiger partial charge in [-0.25, -0.2) is 4.98 Å². The number of para-hydroxylation sites is 2. The lowest BCUT2D eigenvalue weighted by atomic mass is 10.1. The Kier molecular flexibility index (Phi) is 6.14. The monoisotopic (exact) mass is 452 g/mol. The molecule has 0 bridgehead atoms. The smallest absolute Gasteiger partial charge is 0.259 e. The van der Waals surface area contributed by atoms with Gasteiger partial charge >= 0.3 is 0 Å². The van der Waals surface area contributed by atoms with Crippen LogP contribution in [0.15, 0.2) is 89.7 Å². The summed E-state index contributed by atoms with van der Waals surface area (Å²) < 4.78 is 7.37. The summed E-state index contributed by atoms with van der Waals surface area (Å²) in [5, 5.41) is 0. The number of aryl methyl sites for hydroxylation is 1. The minimum atomic E-state index is 0.0111. The lowest BCUT2D eigenvalue weighted by Gasteiger charge is -2.38. The Morgan fingerprint density at radius 3 is 2.29 bits per heavy atom. The largest absolute Gasteiger partial charge is 0.496 e. The first-order chi connectivity index (χ1) is 16.6. The number of benzene rings is 3. The summed E-state index contributed by atoms with van der Waals surface area (Å²) in [5.41, 5.74) is 4.71. The van der Waals surface area contributed by atoms with E-state index in [4.69, 9.17) is 9.72 Å². The second-order valence-electron chi connectivity index (χ2n) is 8.56. The molecular formula is C28H28N4O2. The summed E-state index contributed by atoms with van der Waals surface area (Å²) in [6.45, 7) is 3.67. The molecule has 0 saturated heterocycles. The topological polar surface area (TPSA) is 50.6 Å². The zero-order chi connectivity index (χ0) is 23.5. The molecule has 0 aliphatic carbocycles. The van der Waals surface area contributed by atoms with Gasteiger partial charge in [0.1, 0.15) is 5.75 Å². The highest BCUT2D eigenvalue weighted by molar-refractivity contribution is 5.58. The molecule has 0 atom stereocenters. The SMILES string of the molecule is COc1ccccc1CN1CN(c2ccccc2)c2nc(C)c(Cc3ccccc3)c(=O)n2C1. The Balaban J connectivity index is 1.57. The quantitative estimate of drug-likeness (QED) is 0.424. The van der Waals surface area contributed by atoms with E-state index in [0.717, 1.165) is 33.8 Å². The maximum absolute atomic E-state index is 13.8. The van der Waals surface area contributed by atoms with Crippen molar-refractivity contribution in [2.45, 2.75) is 26.6 Å². The summed E-state index contributed by atoms with van der Waals surface area (Å²) in [5.74, 6) is 1.53. The van der Waals surface area contributed by atoms with Crippen LogP contribution in [0.1, 0.15) is 22.4 Å². The number of methoxy groups -OCH3 is 1. The lowest BCUT2D eigenvalue weighted by Crippen LogP contribution is -2.47. The second-order valence-corrected chi connectivity index (χ2v) is 8.56. The first-order valence-electron chi connectivity index (χ1n) is 11.4. The van der Waals surface area contributed by atoms with E-state index >= 15 is 0 Å². The third kappa shape index (κ3) is 4.32. The second kappa shape index (κ2) is 9.53. The molecule has 5 rings (SSSR count). The number of anilines is 2. The van der Waals surface area contributed by atoms with Crippen LogP contribution in [0.4, 0.5) is 11.6 Å². The van der Waals surface area contributed by atoms with Crippen molar-refractivity contribution >= 4 is 11.6 Å². The fourth-order valence-electron chi connectivity index (χ4n) is 4.51. The molecular weight excluding hydrogens is 424 g/mol. The van der Waals surface area contributed by atoms with Crippen molar-refractivity contribution in [1.82, 2.24) is 14.5 Å². The van der Waals surface area contributed by atoms with Crippen LogP contribution < -0.4 is 15.2 Å². The van der Waals surface area contributed by atoms with Gasteiger partial charge in [-0.15, -0.1) is 0 Å². The van der Waals surface area contributed by atoms with Gasteiger partial charge in [-0.2, -0.15) is 0 Å². The molecule has 0 N–H and O–H groups in total. The number of fused-ring (bicyclic) bond motifs is 1.